The molecule has 10 rings (SSSR count). The first-order valence-electron chi connectivity index (χ1n) is 13.9. The van der Waals surface area contributed by atoms with Gasteiger partial charge in [0.05, 0.1) is 0 Å². The fourth-order valence-electron chi connectivity index (χ4n) is 6.16. The van der Waals surface area contributed by atoms with Crippen LogP contribution in [0.5, 0.6) is 0 Å². The molecule has 0 aliphatic carbocycles. The summed E-state index contributed by atoms with van der Waals surface area (Å²) in [6, 6.07) is 28.5. The molecule has 0 atom stereocenters. The van der Waals surface area contributed by atoms with Crippen LogP contribution in [0.15, 0.2) is 97.3 Å². The fourth-order valence-corrected chi connectivity index (χ4v) is 13.7. The number of nitrogens with zero attached hydrogens (tertiary/aromatic N) is 2. The Labute approximate surface area is 268 Å². The minimum absolute atomic E-state index is 0.0184. The van der Waals surface area contributed by atoms with Gasteiger partial charge in [-0.1, -0.05) is 0 Å². The van der Waals surface area contributed by atoms with Gasteiger partial charge >= 0.3 is 270 Å². The molecule has 0 bridgehead atoms. The molecule has 0 aliphatic rings. The molecule has 6 heterocycles. The van der Waals surface area contributed by atoms with E-state index in [0.717, 1.165) is 19.6 Å². The molecule has 0 saturated heterocycles. The number of halogens is 2. The molecule has 0 amide bonds. The Morgan fingerprint density at radius 3 is 1.43 bits per heavy atom. The molecule has 208 valence electrons. The topological polar surface area (TPSA) is 25.8 Å². The Balaban J connectivity index is 1.10. The maximum atomic E-state index is 15.5. The summed E-state index contributed by atoms with van der Waals surface area (Å²) in [5.74, 6) is -0.465. The van der Waals surface area contributed by atoms with E-state index in [0.29, 0.717) is 22.2 Å². The summed E-state index contributed by atoms with van der Waals surface area (Å²) in [7, 11) is 0. The van der Waals surface area contributed by atoms with Crippen LogP contribution in [0.3, 0.4) is 0 Å². The van der Waals surface area contributed by atoms with Gasteiger partial charge in [-0.15, -0.1) is 0 Å². The fraction of sp³-hybridized carbons (Fsp3) is 0. The first kappa shape index (κ1) is 25.6. The third-order valence-corrected chi connectivity index (χ3v) is 15.4. The van der Waals surface area contributed by atoms with E-state index in [1.165, 1.54) is 48.9 Å². The molecule has 4 aromatic carbocycles. The quantitative estimate of drug-likeness (QED) is 0.165. The second-order valence-corrected chi connectivity index (χ2v) is 17.5. The Morgan fingerprint density at radius 2 is 0.955 bits per heavy atom. The van der Waals surface area contributed by atoms with Crippen LogP contribution in [0.2, 0.25) is 0 Å². The molecule has 0 unspecified atom stereocenters. The van der Waals surface area contributed by atoms with Gasteiger partial charge in [0.1, 0.15) is 0 Å². The van der Waals surface area contributed by atoms with Crippen LogP contribution >= 0.6 is 22.7 Å². The van der Waals surface area contributed by atoms with Gasteiger partial charge in [0.15, 0.2) is 0 Å². The number of fused-ring (bicyclic) bond motifs is 9. The Morgan fingerprint density at radius 1 is 0.500 bits per heavy atom. The molecule has 6 aromatic heterocycles. The molecular weight excluding hydrogens is 720 g/mol. The molecule has 44 heavy (non-hydrogen) atoms. The zero-order valence-corrected chi connectivity index (χ0v) is 27.6. The van der Waals surface area contributed by atoms with Gasteiger partial charge in [-0.3, -0.25) is 0 Å². The van der Waals surface area contributed by atoms with Crippen molar-refractivity contribution in [2.45, 2.75) is 0 Å². The van der Waals surface area contributed by atoms with Crippen LogP contribution in [0, 0.1) is 11.6 Å². The van der Waals surface area contributed by atoms with Crippen molar-refractivity contribution in [2.24, 2.45) is 0 Å². The standard InChI is InChI=1S/C36H16F2N2S2Se2/c37-31-21-7-3-1-5-17(21)15-39-33(31)29-11-19-9-23-25(13-27(19)43-29)41-36-24-10-20-12-30(44-28(20)14-26(24)42-35(23)36)34-32(38)22-8-4-2-6-18(22)16-40-34/h1-16H. The minimum atomic E-state index is -0.233. The molecule has 0 aliphatic heterocycles. The van der Waals surface area contributed by atoms with Gasteiger partial charge < -0.3 is 0 Å². The number of rotatable bonds is 2. The number of hydrogen-bond donors (Lipinski definition) is 0. The van der Waals surface area contributed by atoms with Crippen molar-refractivity contribution in [2.75, 3.05) is 0 Å². The molecule has 0 saturated carbocycles. The van der Waals surface area contributed by atoms with E-state index in [1.54, 1.807) is 12.4 Å². The number of hydrogen-bond acceptors (Lipinski definition) is 4. The van der Waals surface area contributed by atoms with E-state index >= 15 is 8.78 Å². The predicted molar refractivity (Wildman–Crippen MR) is 185 cm³/mol. The average molecular weight is 737 g/mol. The van der Waals surface area contributed by atoms with E-state index in [2.05, 4.69) is 46.4 Å². The molecule has 0 spiro atoms. The van der Waals surface area contributed by atoms with Gasteiger partial charge in [-0.2, -0.15) is 0 Å². The second kappa shape index (κ2) is 9.38. The monoisotopic (exact) mass is 738 g/mol. The van der Waals surface area contributed by atoms with Crippen LogP contribution in [-0.4, -0.2) is 39.0 Å². The zero-order valence-electron chi connectivity index (χ0n) is 22.5. The van der Waals surface area contributed by atoms with Crippen LogP contribution < -0.4 is 0 Å². The molecule has 8 heteroatoms. The van der Waals surface area contributed by atoms with Crippen LogP contribution in [0.4, 0.5) is 8.78 Å². The summed E-state index contributed by atoms with van der Waals surface area (Å²) in [5.41, 5.74) is 0.940. The Hall–Kier alpha value is -3.74. The Bertz CT molecular complexity index is 2630. The Kier molecular flexibility index (Phi) is 5.45. The first-order chi connectivity index (χ1) is 21.6. The number of thiophene rings is 2. The van der Waals surface area contributed by atoms with Gasteiger partial charge in [0, 0.05) is 0 Å². The van der Waals surface area contributed by atoms with E-state index in [1.807, 2.05) is 71.2 Å². The summed E-state index contributed by atoms with van der Waals surface area (Å²) < 4.78 is 40.6. The summed E-state index contributed by atoms with van der Waals surface area (Å²) >= 11 is 3.63. The molecule has 0 radical (unpaired) electrons. The number of pyridine rings is 2. The summed E-state index contributed by atoms with van der Waals surface area (Å²) in [4.78, 5) is 9.06. The predicted octanol–water partition coefficient (Wildman–Crippen LogP) is 10.4. The van der Waals surface area contributed by atoms with E-state index in [9.17, 15) is 0 Å². The van der Waals surface area contributed by atoms with E-state index in [4.69, 9.17) is 0 Å². The zero-order chi connectivity index (χ0) is 29.1. The van der Waals surface area contributed by atoms with Crippen LogP contribution in [0.1, 0.15) is 0 Å². The van der Waals surface area contributed by atoms with Gasteiger partial charge in [-0.25, -0.2) is 0 Å². The molecule has 0 fully saturated rings. The number of benzene rings is 4. The summed E-state index contributed by atoms with van der Waals surface area (Å²) in [5, 5.41) is 7.73. The molecule has 10 aromatic rings. The summed E-state index contributed by atoms with van der Waals surface area (Å²) in [6.45, 7) is 0. The van der Waals surface area contributed by atoms with Crippen molar-refractivity contribution in [3.8, 4) is 20.3 Å². The van der Waals surface area contributed by atoms with Gasteiger partial charge in [0.2, 0.25) is 0 Å². The van der Waals surface area contributed by atoms with Crippen molar-refractivity contribution < 1.29 is 8.78 Å². The van der Waals surface area contributed by atoms with Gasteiger partial charge in [0.25, 0.3) is 0 Å². The van der Waals surface area contributed by atoms with Crippen LogP contribution in [0.25, 0.3) is 90.7 Å². The molecule has 0 N–H and O–H groups in total. The second-order valence-electron chi connectivity index (χ2n) is 10.9. The third kappa shape index (κ3) is 3.67. The van der Waals surface area contributed by atoms with Crippen molar-refractivity contribution in [1.29, 1.82) is 0 Å². The maximum absolute atomic E-state index is 15.5. The van der Waals surface area contributed by atoms with Crippen molar-refractivity contribution in [3.63, 3.8) is 0 Å². The SMILES string of the molecule is Fc1c(-c2cc3cc4c(cc3[se]2)sc2c3cc5cc(-c6ncc7ccccc7c6F)[se]c5cc3sc42)ncc2ccccc12. The van der Waals surface area contributed by atoms with Crippen molar-refractivity contribution in [3.05, 3.63) is 109 Å². The average Bonchev–Trinajstić information content (AvgIpc) is 3.81. The molecule has 2 nitrogen and oxygen atoms in total. The summed E-state index contributed by atoms with van der Waals surface area (Å²) in [6.07, 6.45) is 3.55. The number of aromatic nitrogens is 2. The van der Waals surface area contributed by atoms with Crippen molar-refractivity contribution in [1.82, 2.24) is 9.97 Å². The van der Waals surface area contributed by atoms with Gasteiger partial charge in [-0.05, 0) is 0 Å². The van der Waals surface area contributed by atoms with E-state index < -0.39 is 0 Å². The third-order valence-electron chi connectivity index (χ3n) is 8.30. The first-order valence-corrected chi connectivity index (χ1v) is 19.0. The van der Waals surface area contributed by atoms with Crippen molar-refractivity contribution >= 4 is 122 Å². The normalized spacial score (nSPS) is 12.3. The van der Waals surface area contributed by atoms with E-state index in [-0.39, 0.29) is 40.6 Å². The molecular formula is C36H16F2N2S2Se2. The van der Waals surface area contributed by atoms with Crippen LogP contribution in [-0.2, 0) is 0 Å².